The van der Waals surface area contributed by atoms with E-state index in [0.29, 0.717) is 34.1 Å². The number of aryl methyl sites for hydroxylation is 1. The molecular weight excluding hydrogens is 388 g/mol. The smallest absolute Gasteiger partial charge is 0.248 e. The summed E-state index contributed by atoms with van der Waals surface area (Å²) in [7, 11) is -2.17. The Morgan fingerprint density at radius 1 is 1.22 bits per heavy atom. The molecule has 0 heterocycles. The van der Waals surface area contributed by atoms with Crippen LogP contribution in [0.4, 0.5) is 11.4 Å². The number of hydrogen-bond acceptors (Lipinski definition) is 4. The minimum absolute atomic E-state index is 0.293. The molecule has 0 saturated carbocycles. The van der Waals surface area contributed by atoms with E-state index in [1.54, 1.807) is 63.4 Å². The molecule has 2 aromatic carbocycles. The predicted molar refractivity (Wildman–Crippen MR) is 109 cm³/mol. The molecule has 0 aromatic heterocycles. The van der Waals surface area contributed by atoms with E-state index < -0.39 is 22.0 Å². The highest BCUT2D eigenvalue weighted by atomic mass is 35.5. The molecule has 8 heteroatoms. The first-order valence-corrected chi connectivity index (χ1v) is 10.6. The van der Waals surface area contributed by atoms with E-state index in [1.807, 2.05) is 0 Å². The van der Waals surface area contributed by atoms with Crippen molar-refractivity contribution in [1.82, 2.24) is 0 Å². The third-order valence-corrected chi connectivity index (χ3v) is 5.50. The van der Waals surface area contributed by atoms with E-state index in [4.69, 9.17) is 16.3 Å². The molecule has 2 rings (SSSR count). The average molecular weight is 411 g/mol. The number of methoxy groups -OCH3 is 1. The second-order valence-electron chi connectivity index (χ2n) is 6.13. The summed E-state index contributed by atoms with van der Waals surface area (Å²) in [6, 6.07) is 10.9. The number of nitrogens with one attached hydrogen (secondary N) is 1. The van der Waals surface area contributed by atoms with Crippen LogP contribution in [0.1, 0.15) is 18.9 Å². The van der Waals surface area contributed by atoms with Crippen LogP contribution in [0.15, 0.2) is 42.5 Å². The zero-order valence-corrected chi connectivity index (χ0v) is 17.3. The molecule has 0 aliphatic rings. The summed E-state index contributed by atoms with van der Waals surface area (Å²) in [5.74, 6) is 0.236. The number of benzene rings is 2. The SMILES string of the molecule is CC[C@@H](C(=O)Nc1ccc(OC)cc1)N(c1cc(Cl)ccc1C)S(C)(=O)=O. The van der Waals surface area contributed by atoms with Crippen molar-refractivity contribution < 1.29 is 17.9 Å². The van der Waals surface area contributed by atoms with E-state index in [-0.39, 0.29) is 0 Å². The van der Waals surface area contributed by atoms with Crippen molar-refractivity contribution in [3.05, 3.63) is 53.1 Å². The van der Waals surface area contributed by atoms with Crippen LogP contribution in [-0.2, 0) is 14.8 Å². The van der Waals surface area contributed by atoms with E-state index in [0.717, 1.165) is 10.6 Å². The Kier molecular flexibility index (Phi) is 6.73. The molecule has 2 aromatic rings. The summed E-state index contributed by atoms with van der Waals surface area (Å²) < 4.78 is 31.3. The summed E-state index contributed by atoms with van der Waals surface area (Å²) >= 11 is 6.06. The highest BCUT2D eigenvalue weighted by Crippen LogP contribution is 2.29. The fourth-order valence-electron chi connectivity index (χ4n) is 2.76. The van der Waals surface area contributed by atoms with Gasteiger partial charge in [-0.3, -0.25) is 9.10 Å². The van der Waals surface area contributed by atoms with E-state index in [2.05, 4.69) is 5.32 Å². The number of anilines is 2. The lowest BCUT2D eigenvalue weighted by atomic mass is 10.1. The molecule has 0 saturated heterocycles. The molecule has 0 aliphatic carbocycles. The molecule has 0 unspecified atom stereocenters. The maximum Gasteiger partial charge on any atom is 0.248 e. The van der Waals surface area contributed by atoms with Gasteiger partial charge in [-0.15, -0.1) is 0 Å². The van der Waals surface area contributed by atoms with Gasteiger partial charge in [-0.2, -0.15) is 0 Å². The lowest BCUT2D eigenvalue weighted by Gasteiger charge is -2.31. The van der Waals surface area contributed by atoms with Crippen molar-refractivity contribution in [1.29, 1.82) is 0 Å². The molecule has 0 fully saturated rings. The Morgan fingerprint density at radius 2 is 1.85 bits per heavy atom. The van der Waals surface area contributed by atoms with Gasteiger partial charge in [-0.25, -0.2) is 8.42 Å². The quantitative estimate of drug-likeness (QED) is 0.752. The zero-order chi connectivity index (χ0) is 20.2. The van der Waals surface area contributed by atoms with Crippen LogP contribution in [0, 0.1) is 6.92 Å². The van der Waals surface area contributed by atoms with Gasteiger partial charge >= 0.3 is 0 Å². The number of rotatable bonds is 7. The van der Waals surface area contributed by atoms with E-state index in [9.17, 15) is 13.2 Å². The Bertz CT molecular complexity index is 914. The largest absolute Gasteiger partial charge is 0.497 e. The summed E-state index contributed by atoms with van der Waals surface area (Å²) in [5, 5.41) is 3.16. The van der Waals surface area contributed by atoms with Gasteiger partial charge in [0.05, 0.1) is 19.1 Å². The molecule has 0 spiro atoms. The molecular formula is C19H23ClN2O4S. The van der Waals surface area contributed by atoms with Gasteiger partial charge < -0.3 is 10.1 Å². The topological polar surface area (TPSA) is 75.7 Å². The summed E-state index contributed by atoms with van der Waals surface area (Å²) in [4.78, 5) is 12.9. The highest BCUT2D eigenvalue weighted by molar-refractivity contribution is 7.92. The Balaban J connectivity index is 2.39. The molecule has 0 aliphatic heterocycles. The average Bonchev–Trinajstić information content (AvgIpc) is 2.61. The molecule has 27 heavy (non-hydrogen) atoms. The summed E-state index contributed by atoms with van der Waals surface area (Å²) in [6.45, 7) is 3.54. The lowest BCUT2D eigenvalue weighted by molar-refractivity contribution is -0.117. The van der Waals surface area contributed by atoms with Gasteiger partial charge in [0.15, 0.2) is 0 Å². The predicted octanol–water partition coefficient (Wildman–Crippen LogP) is 3.84. The van der Waals surface area contributed by atoms with Crippen LogP contribution in [0.25, 0.3) is 0 Å². The summed E-state index contributed by atoms with van der Waals surface area (Å²) in [6.07, 6.45) is 1.37. The van der Waals surface area contributed by atoms with Crippen LogP contribution >= 0.6 is 11.6 Å². The van der Waals surface area contributed by atoms with Crippen LogP contribution in [0.3, 0.4) is 0 Å². The van der Waals surface area contributed by atoms with Crippen LogP contribution in [-0.4, -0.2) is 33.7 Å². The number of halogens is 1. The van der Waals surface area contributed by atoms with Crippen molar-refractivity contribution in [2.75, 3.05) is 23.0 Å². The number of hydrogen-bond donors (Lipinski definition) is 1. The fraction of sp³-hybridized carbons (Fsp3) is 0.316. The second-order valence-corrected chi connectivity index (χ2v) is 8.43. The third kappa shape index (κ3) is 5.14. The Hall–Kier alpha value is -2.25. The first-order valence-electron chi connectivity index (χ1n) is 8.37. The first kappa shape index (κ1) is 21.1. The number of carbonyl (C=O) groups is 1. The Labute approximate surface area is 165 Å². The maximum absolute atomic E-state index is 12.9. The number of sulfonamides is 1. The van der Waals surface area contributed by atoms with Crippen LogP contribution in [0.2, 0.25) is 5.02 Å². The van der Waals surface area contributed by atoms with E-state index in [1.165, 1.54) is 0 Å². The van der Waals surface area contributed by atoms with Gasteiger partial charge in [-0.05, 0) is 55.3 Å². The van der Waals surface area contributed by atoms with Crippen LogP contribution < -0.4 is 14.4 Å². The zero-order valence-electron chi connectivity index (χ0n) is 15.7. The number of amides is 1. The van der Waals surface area contributed by atoms with Gasteiger partial charge in [0.1, 0.15) is 11.8 Å². The molecule has 1 atom stereocenters. The number of carbonyl (C=O) groups excluding carboxylic acids is 1. The minimum Gasteiger partial charge on any atom is -0.497 e. The van der Waals surface area contributed by atoms with Gasteiger partial charge in [-0.1, -0.05) is 24.6 Å². The normalized spacial score (nSPS) is 12.3. The van der Waals surface area contributed by atoms with Crippen molar-refractivity contribution in [3.8, 4) is 5.75 Å². The number of nitrogens with zero attached hydrogens (tertiary/aromatic N) is 1. The van der Waals surface area contributed by atoms with Gasteiger partial charge in [0.2, 0.25) is 15.9 Å². The fourth-order valence-corrected chi connectivity index (χ4v) is 4.18. The lowest BCUT2D eigenvalue weighted by Crippen LogP contribution is -2.47. The molecule has 6 nitrogen and oxygen atoms in total. The molecule has 0 bridgehead atoms. The van der Waals surface area contributed by atoms with Crippen molar-refractivity contribution >= 4 is 38.9 Å². The number of ether oxygens (including phenoxy) is 1. The third-order valence-electron chi connectivity index (χ3n) is 4.10. The van der Waals surface area contributed by atoms with Crippen molar-refractivity contribution in [3.63, 3.8) is 0 Å². The van der Waals surface area contributed by atoms with Gasteiger partial charge in [0, 0.05) is 10.7 Å². The monoisotopic (exact) mass is 410 g/mol. The first-order chi connectivity index (χ1) is 12.7. The minimum atomic E-state index is -3.72. The molecule has 1 N–H and O–H groups in total. The van der Waals surface area contributed by atoms with Crippen molar-refractivity contribution in [2.24, 2.45) is 0 Å². The molecule has 146 valence electrons. The van der Waals surface area contributed by atoms with E-state index >= 15 is 0 Å². The standard InChI is InChI=1S/C19H23ClN2O4S/c1-5-17(19(23)21-15-8-10-16(26-3)11-9-15)22(27(4,24)25)18-12-14(20)7-6-13(18)2/h6-12,17H,5H2,1-4H3,(H,21,23)/t17-/m0/s1. The highest BCUT2D eigenvalue weighted by Gasteiger charge is 2.32. The molecule has 0 radical (unpaired) electrons. The summed E-state index contributed by atoms with van der Waals surface area (Å²) in [5.41, 5.74) is 1.65. The van der Waals surface area contributed by atoms with Crippen molar-refractivity contribution in [2.45, 2.75) is 26.3 Å². The molecule has 1 amide bonds. The maximum atomic E-state index is 12.9. The van der Waals surface area contributed by atoms with Gasteiger partial charge in [0.25, 0.3) is 0 Å². The second kappa shape index (κ2) is 8.63. The van der Waals surface area contributed by atoms with Crippen LogP contribution in [0.5, 0.6) is 5.75 Å². The Morgan fingerprint density at radius 3 is 2.37 bits per heavy atom.